The smallest absolute Gasteiger partial charge is 0.0608 e. The van der Waals surface area contributed by atoms with Crippen molar-refractivity contribution >= 4 is 15.9 Å². The lowest BCUT2D eigenvalue weighted by atomic mass is 9.79. The number of halogens is 1. The first-order valence-electron chi connectivity index (χ1n) is 6.57. The molecule has 0 radical (unpaired) electrons. The Bertz CT molecular complexity index is 356. The first-order chi connectivity index (χ1) is 8.15. The van der Waals surface area contributed by atoms with Crippen molar-refractivity contribution in [2.24, 2.45) is 11.8 Å². The normalized spacial score (nSPS) is 26.8. The van der Waals surface area contributed by atoms with Gasteiger partial charge in [0.25, 0.3) is 0 Å². The Balaban J connectivity index is 1.90. The summed E-state index contributed by atoms with van der Waals surface area (Å²) in [6.45, 7) is 2.32. The molecule has 1 aliphatic rings. The molecule has 0 heterocycles. The first kappa shape index (κ1) is 13.1. The van der Waals surface area contributed by atoms with Crippen LogP contribution >= 0.6 is 15.9 Å². The number of rotatable bonds is 3. The molecule has 94 valence electrons. The predicted octanol–water partition coefficient (Wildman–Crippen LogP) is 4.18. The summed E-state index contributed by atoms with van der Waals surface area (Å²) in [5, 5.41) is 10.3. The standard InChI is InChI=1S/C15H21BrO/c1-11-5-7-13(8-6-11)15(17)10-12-3-2-4-14(16)9-12/h2-4,9,11,13,15,17H,5-8,10H2,1H3. The summed E-state index contributed by atoms with van der Waals surface area (Å²) < 4.78 is 1.10. The number of hydrogen-bond acceptors (Lipinski definition) is 1. The van der Waals surface area contributed by atoms with Gasteiger partial charge in [-0.1, -0.05) is 47.8 Å². The van der Waals surface area contributed by atoms with E-state index in [1.807, 2.05) is 12.1 Å². The third-order valence-electron chi connectivity index (χ3n) is 3.94. The quantitative estimate of drug-likeness (QED) is 0.887. The number of benzene rings is 1. The first-order valence-corrected chi connectivity index (χ1v) is 7.37. The molecule has 17 heavy (non-hydrogen) atoms. The fourth-order valence-electron chi connectivity index (χ4n) is 2.74. The molecule has 1 aromatic rings. The van der Waals surface area contributed by atoms with Gasteiger partial charge in [0.05, 0.1) is 6.10 Å². The molecular formula is C15H21BrO. The molecule has 2 heteroatoms. The highest BCUT2D eigenvalue weighted by atomic mass is 79.9. The van der Waals surface area contributed by atoms with Gasteiger partial charge in [-0.3, -0.25) is 0 Å². The zero-order valence-electron chi connectivity index (χ0n) is 10.4. The number of aliphatic hydroxyl groups excluding tert-OH is 1. The van der Waals surface area contributed by atoms with Crippen LogP contribution in [0.1, 0.15) is 38.2 Å². The van der Waals surface area contributed by atoms with E-state index in [1.165, 1.54) is 31.2 Å². The van der Waals surface area contributed by atoms with Crippen LogP contribution in [0.5, 0.6) is 0 Å². The molecule has 1 atom stereocenters. The zero-order chi connectivity index (χ0) is 12.3. The van der Waals surface area contributed by atoms with Crippen LogP contribution in [-0.2, 0) is 6.42 Å². The van der Waals surface area contributed by atoms with Crippen molar-refractivity contribution in [2.75, 3.05) is 0 Å². The minimum absolute atomic E-state index is 0.170. The Morgan fingerprint density at radius 1 is 1.29 bits per heavy atom. The highest BCUT2D eigenvalue weighted by Gasteiger charge is 2.24. The summed E-state index contributed by atoms with van der Waals surface area (Å²) >= 11 is 3.47. The van der Waals surface area contributed by atoms with Gasteiger partial charge < -0.3 is 5.11 Å². The third-order valence-corrected chi connectivity index (χ3v) is 4.43. The van der Waals surface area contributed by atoms with Crippen LogP contribution in [0.3, 0.4) is 0 Å². The second-order valence-corrected chi connectivity index (χ2v) is 6.34. The zero-order valence-corrected chi connectivity index (χ0v) is 12.0. The van der Waals surface area contributed by atoms with E-state index in [0.29, 0.717) is 5.92 Å². The molecule has 0 saturated heterocycles. The van der Waals surface area contributed by atoms with Crippen molar-refractivity contribution in [3.63, 3.8) is 0 Å². The van der Waals surface area contributed by atoms with Crippen LogP contribution in [-0.4, -0.2) is 11.2 Å². The molecule has 0 amide bonds. The van der Waals surface area contributed by atoms with Crippen molar-refractivity contribution in [1.82, 2.24) is 0 Å². The molecule has 1 aliphatic carbocycles. The van der Waals surface area contributed by atoms with E-state index in [9.17, 15) is 5.11 Å². The van der Waals surface area contributed by atoms with E-state index in [-0.39, 0.29) is 6.10 Å². The van der Waals surface area contributed by atoms with Crippen LogP contribution in [0.25, 0.3) is 0 Å². The molecule has 0 bridgehead atoms. The molecule has 0 spiro atoms. The largest absolute Gasteiger partial charge is 0.392 e. The summed E-state index contributed by atoms with van der Waals surface area (Å²) in [6, 6.07) is 8.27. The lowest BCUT2D eigenvalue weighted by Gasteiger charge is -2.29. The van der Waals surface area contributed by atoms with E-state index < -0.39 is 0 Å². The Kier molecular flexibility index (Phi) is 4.63. The molecule has 1 saturated carbocycles. The van der Waals surface area contributed by atoms with Crippen molar-refractivity contribution in [1.29, 1.82) is 0 Å². The van der Waals surface area contributed by atoms with Crippen molar-refractivity contribution < 1.29 is 5.11 Å². The summed E-state index contributed by atoms with van der Waals surface area (Å²) in [4.78, 5) is 0. The molecule has 1 fully saturated rings. The van der Waals surface area contributed by atoms with Crippen molar-refractivity contribution in [2.45, 2.75) is 45.1 Å². The summed E-state index contributed by atoms with van der Waals surface area (Å²) in [6.07, 6.45) is 5.56. The van der Waals surface area contributed by atoms with Gasteiger partial charge in [0.15, 0.2) is 0 Å². The summed E-state index contributed by atoms with van der Waals surface area (Å²) in [5.41, 5.74) is 1.23. The van der Waals surface area contributed by atoms with Crippen LogP contribution in [0, 0.1) is 11.8 Å². The second-order valence-electron chi connectivity index (χ2n) is 5.42. The molecule has 1 nitrogen and oxygen atoms in total. The van der Waals surface area contributed by atoms with E-state index in [2.05, 4.69) is 35.0 Å². The van der Waals surface area contributed by atoms with Crippen LogP contribution in [0.2, 0.25) is 0 Å². The van der Waals surface area contributed by atoms with Gasteiger partial charge in [0.2, 0.25) is 0 Å². The number of hydrogen-bond donors (Lipinski definition) is 1. The highest BCUT2D eigenvalue weighted by molar-refractivity contribution is 9.10. The molecule has 0 aromatic heterocycles. The van der Waals surface area contributed by atoms with Gasteiger partial charge in [-0.2, -0.15) is 0 Å². The third kappa shape index (κ3) is 3.82. The van der Waals surface area contributed by atoms with Gasteiger partial charge in [0.1, 0.15) is 0 Å². The van der Waals surface area contributed by atoms with E-state index in [1.54, 1.807) is 0 Å². The van der Waals surface area contributed by atoms with Crippen molar-refractivity contribution in [3.8, 4) is 0 Å². The molecule has 2 rings (SSSR count). The Morgan fingerprint density at radius 3 is 2.65 bits per heavy atom. The molecule has 0 aliphatic heterocycles. The van der Waals surface area contributed by atoms with Crippen LogP contribution in [0.4, 0.5) is 0 Å². The average molecular weight is 297 g/mol. The predicted molar refractivity (Wildman–Crippen MR) is 75.0 cm³/mol. The van der Waals surface area contributed by atoms with Crippen LogP contribution in [0.15, 0.2) is 28.7 Å². The van der Waals surface area contributed by atoms with E-state index in [0.717, 1.165) is 16.8 Å². The fraction of sp³-hybridized carbons (Fsp3) is 0.600. The fourth-order valence-corrected chi connectivity index (χ4v) is 3.19. The Hall–Kier alpha value is -0.340. The maximum Gasteiger partial charge on any atom is 0.0608 e. The molecule has 1 unspecified atom stereocenters. The minimum atomic E-state index is -0.170. The van der Waals surface area contributed by atoms with Crippen LogP contribution < -0.4 is 0 Å². The second kappa shape index (κ2) is 6.01. The Morgan fingerprint density at radius 2 is 2.00 bits per heavy atom. The molecule has 1 aromatic carbocycles. The lowest BCUT2D eigenvalue weighted by molar-refractivity contribution is 0.0761. The monoisotopic (exact) mass is 296 g/mol. The summed E-state index contributed by atoms with van der Waals surface area (Å²) in [7, 11) is 0. The van der Waals surface area contributed by atoms with E-state index >= 15 is 0 Å². The molecule has 1 N–H and O–H groups in total. The maximum absolute atomic E-state index is 10.3. The summed E-state index contributed by atoms with van der Waals surface area (Å²) in [5.74, 6) is 1.36. The van der Waals surface area contributed by atoms with Crippen molar-refractivity contribution in [3.05, 3.63) is 34.3 Å². The van der Waals surface area contributed by atoms with Gasteiger partial charge in [-0.05, 0) is 48.8 Å². The minimum Gasteiger partial charge on any atom is -0.392 e. The average Bonchev–Trinajstić information content (AvgIpc) is 2.29. The van der Waals surface area contributed by atoms with Gasteiger partial charge in [0, 0.05) is 4.47 Å². The Labute approximate surface area is 112 Å². The highest BCUT2D eigenvalue weighted by Crippen LogP contribution is 2.31. The van der Waals surface area contributed by atoms with E-state index in [4.69, 9.17) is 0 Å². The number of aliphatic hydroxyl groups is 1. The van der Waals surface area contributed by atoms with Gasteiger partial charge in [-0.25, -0.2) is 0 Å². The van der Waals surface area contributed by atoms with Gasteiger partial charge in [-0.15, -0.1) is 0 Å². The van der Waals surface area contributed by atoms with Gasteiger partial charge >= 0.3 is 0 Å². The lowest BCUT2D eigenvalue weighted by Crippen LogP contribution is -2.26. The SMILES string of the molecule is CC1CCC(C(O)Cc2cccc(Br)c2)CC1. The topological polar surface area (TPSA) is 20.2 Å². The maximum atomic E-state index is 10.3. The molecular weight excluding hydrogens is 276 g/mol.